The first kappa shape index (κ1) is 22.9. The topological polar surface area (TPSA) is 115 Å². The third kappa shape index (κ3) is 5.38. The maximum absolute atomic E-state index is 13.2. The Bertz CT molecular complexity index is 1220. The quantitative estimate of drug-likeness (QED) is 0.339. The minimum atomic E-state index is -0.472. The summed E-state index contributed by atoms with van der Waals surface area (Å²) in [6.45, 7) is 3.62. The van der Waals surface area contributed by atoms with E-state index in [0.29, 0.717) is 49.0 Å². The molecule has 0 atom stereocenters. The first-order valence-corrected chi connectivity index (χ1v) is 10.7. The summed E-state index contributed by atoms with van der Waals surface area (Å²) in [5.74, 6) is 0.0883. The predicted molar refractivity (Wildman–Crippen MR) is 125 cm³/mol. The first-order chi connectivity index (χ1) is 16.4. The van der Waals surface area contributed by atoms with Crippen LogP contribution in [0.5, 0.6) is 0 Å². The number of ether oxygens (including phenoxy) is 1. The number of hydrogen-bond donors (Lipinski definition) is 1. The van der Waals surface area contributed by atoms with Gasteiger partial charge in [-0.2, -0.15) is 0 Å². The molecule has 0 aliphatic carbocycles. The predicted octanol–water partition coefficient (Wildman–Crippen LogP) is 3.79. The van der Waals surface area contributed by atoms with Gasteiger partial charge >= 0.3 is 0 Å². The van der Waals surface area contributed by atoms with Crippen molar-refractivity contribution in [3.63, 3.8) is 0 Å². The zero-order valence-electron chi connectivity index (χ0n) is 18.5. The molecular formula is C25H23N3O6. The number of amides is 2. The minimum absolute atomic E-state index is 0.0207. The lowest BCUT2D eigenvalue weighted by atomic mass is 10.1. The van der Waals surface area contributed by atoms with E-state index < -0.39 is 10.8 Å². The van der Waals surface area contributed by atoms with Crippen molar-refractivity contribution in [3.8, 4) is 11.3 Å². The molecule has 1 fully saturated rings. The number of rotatable bonds is 6. The number of carbonyl (C=O) groups is 2. The van der Waals surface area contributed by atoms with Gasteiger partial charge in [0.2, 0.25) is 0 Å². The van der Waals surface area contributed by atoms with Crippen LogP contribution in [0.3, 0.4) is 0 Å². The Morgan fingerprint density at radius 2 is 1.68 bits per heavy atom. The summed E-state index contributed by atoms with van der Waals surface area (Å²) in [6, 6.07) is 16.4. The summed E-state index contributed by atoms with van der Waals surface area (Å²) < 4.78 is 11.2. The number of furan rings is 1. The number of hydrogen-bond acceptors (Lipinski definition) is 6. The highest BCUT2D eigenvalue weighted by atomic mass is 16.6. The van der Waals surface area contributed by atoms with Gasteiger partial charge in [-0.3, -0.25) is 19.7 Å². The van der Waals surface area contributed by atoms with Crippen LogP contribution in [0.2, 0.25) is 0 Å². The number of aryl methyl sites for hydroxylation is 1. The summed E-state index contributed by atoms with van der Waals surface area (Å²) in [4.78, 5) is 38.0. The van der Waals surface area contributed by atoms with Gasteiger partial charge in [0, 0.05) is 42.4 Å². The molecule has 1 aliphatic rings. The average Bonchev–Trinajstić information content (AvgIpc) is 3.32. The number of morpholine rings is 1. The molecule has 9 heteroatoms. The van der Waals surface area contributed by atoms with Crippen molar-refractivity contribution in [3.05, 3.63) is 93.4 Å². The summed E-state index contributed by atoms with van der Waals surface area (Å²) in [7, 11) is 0. The van der Waals surface area contributed by atoms with Gasteiger partial charge in [0.25, 0.3) is 17.5 Å². The second-order valence-electron chi connectivity index (χ2n) is 7.79. The van der Waals surface area contributed by atoms with Crippen LogP contribution >= 0.6 is 0 Å². The van der Waals surface area contributed by atoms with Crippen LogP contribution in [-0.4, -0.2) is 47.9 Å². The van der Waals surface area contributed by atoms with E-state index in [-0.39, 0.29) is 17.3 Å². The number of benzene rings is 2. The SMILES string of the molecule is Cc1ccc(C(=O)N/C(=C/c2ccc(-c3ccc([N+](=O)[O-])cc3)o2)C(=O)N2CCOCC2)cc1. The van der Waals surface area contributed by atoms with E-state index in [1.807, 2.05) is 19.1 Å². The van der Waals surface area contributed by atoms with Gasteiger partial charge in [0.15, 0.2) is 0 Å². The molecule has 0 spiro atoms. The highest BCUT2D eigenvalue weighted by Crippen LogP contribution is 2.25. The van der Waals surface area contributed by atoms with Crippen molar-refractivity contribution in [1.82, 2.24) is 10.2 Å². The number of non-ortho nitro benzene ring substituents is 1. The molecule has 1 aliphatic heterocycles. The minimum Gasteiger partial charge on any atom is -0.457 e. The lowest BCUT2D eigenvalue weighted by molar-refractivity contribution is -0.384. The van der Waals surface area contributed by atoms with Gasteiger partial charge in [0.1, 0.15) is 17.2 Å². The fraction of sp³-hybridized carbons (Fsp3) is 0.200. The second-order valence-corrected chi connectivity index (χ2v) is 7.79. The largest absolute Gasteiger partial charge is 0.457 e. The van der Waals surface area contributed by atoms with Gasteiger partial charge in [-0.1, -0.05) is 17.7 Å². The van der Waals surface area contributed by atoms with E-state index in [0.717, 1.165) is 5.56 Å². The van der Waals surface area contributed by atoms with Crippen molar-refractivity contribution in [2.24, 2.45) is 0 Å². The molecule has 1 aromatic heterocycles. The van der Waals surface area contributed by atoms with Crippen LogP contribution in [0.1, 0.15) is 21.7 Å². The molecule has 1 saturated heterocycles. The van der Waals surface area contributed by atoms with E-state index in [4.69, 9.17) is 9.15 Å². The number of nitrogens with zero attached hydrogens (tertiary/aromatic N) is 2. The summed E-state index contributed by atoms with van der Waals surface area (Å²) in [5.41, 5.74) is 2.16. The Kier molecular flexibility index (Phi) is 6.84. The van der Waals surface area contributed by atoms with Crippen LogP contribution in [0, 0.1) is 17.0 Å². The smallest absolute Gasteiger partial charge is 0.270 e. The molecule has 174 valence electrons. The van der Waals surface area contributed by atoms with E-state index in [9.17, 15) is 19.7 Å². The molecule has 3 aromatic rings. The van der Waals surface area contributed by atoms with Crippen molar-refractivity contribution >= 4 is 23.6 Å². The van der Waals surface area contributed by atoms with E-state index in [1.54, 1.807) is 41.3 Å². The number of nitro groups is 1. The third-order valence-corrected chi connectivity index (χ3v) is 5.37. The Morgan fingerprint density at radius 1 is 1.00 bits per heavy atom. The molecule has 0 radical (unpaired) electrons. The molecule has 1 N–H and O–H groups in total. The Labute approximate surface area is 195 Å². The highest BCUT2D eigenvalue weighted by molar-refractivity contribution is 6.05. The van der Waals surface area contributed by atoms with Crippen LogP contribution < -0.4 is 5.32 Å². The Balaban J connectivity index is 1.60. The van der Waals surface area contributed by atoms with Crippen molar-refractivity contribution in [2.75, 3.05) is 26.3 Å². The van der Waals surface area contributed by atoms with Gasteiger partial charge in [-0.05, 0) is 43.3 Å². The Morgan fingerprint density at radius 3 is 2.32 bits per heavy atom. The number of nitro benzene ring substituents is 1. The Hall–Kier alpha value is -4.24. The van der Waals surface area contributed by atoms with Crippen LogP contribution in [0.4, 0.5) is 5.69 Å². The number of nitrogens with one attached hydrogen (secondary N) is 1. The standard InChI is InChI=1S/C25H23N3O6/c1-17-2-4-19(5-3-17)24(29)26-22(25(30)27-12-14-33-15-13-27)16-21-10-11-23(34-21)18-6-8-20(9-7-18)28(31)32/h2-11,16H,12-15H2,1H3,(H,26,29)/b22-16+. The maximum atomic E-state index is 13.2. The molecule has 9 nitrogen and oxygen atoms in total. The number of carbonyl (C=O) groups excluding carboxylic acids is 2. The van der Waals surface area contributed by atoms with Crippen LogP contribution in [0.25, 0.3) is 17.4 Å². The molecular weight excluding hydrogens is 438 g/mol. The van der Waals surface area contributed by atoms with Gasteiger partial charge < -0.3 is 19.4 Å². The maximum Gasteiger partial charge on any atom is 0.270 e. The zero-order chi connectivity index (χ0) is 24.1. The molecule has 0 saturated carbocycles. The van der Waals surface area contributed by atoms with Crippen LogP contribution in [-0.2, 0) is 9.53 Å². The third-order valence-electron chi connectivity index (χ3n) is 5.37. The van der Waals surface area contributed by atoms with Gasteiger partial charge in [-0.15, -0.1) is 0 Å². The summed E-state index contributed by atoms with van der Waals surface area (Å²) in [6.07, 6.45) is 1.48. The molecule has 2 heterocycles. The van der Waals surface area contributed by atoms with Crippen LogP contribution in [0.15, 0.2) is 70.8 Å². The summed E-state index contributed by atoms with van der Waals surface area (Å²) in [5, 5.41) is 13.6. The highest BCUT2D eigenvalue weighted by Gasteiger charge is 2.23. The normalized spacial score (nSPS) is 14.0. The fourth-order valence-corrected chi connectivity index (χ4v) is 3.46. The van der Waals surface area contributed by atoms with Gasteiger partial charge in [0.05, 0.1) is 18.1 Å². The molecule has 0 unspecified atom stereocenters. The molecule has 4 rings (SSSR count). The lowest BCUT2D eigenvalue weighted by Gasteiger charge is -2.27. The van der Waals surface area contributed by atoms with Crippen molar-refractivity contribution in [2.45, 2.75) is 6.92 Å². The molecule has 34 heavy (non-hydrogen) atoms. The molecule has 0 bridgehead atoms. The molecule has 2 aromatic carbocycles. The first-order valence-electron chi connectivity index (χ1n) is 10.7. The second kappa shape index (κ2) is 10.1. The van der Waals surface area contributed by atoms with E-state index in [1.165, 1.54) is 18.2 Å². The molecule has 2 amide bonds. The lowest BCUT2D eigenvalue weighted by Crippen LogP contribution is -2.44. The summed E-state index contributed by atoms with van der Waals surface area (Å²) >= 11 is 0. The zero-order valence-corrected chi connectivity index (χ0v) is 18.5. The monoisotopic (exact) mass is 461 g/mol. The van der Waals surface area contributed by atoms with Crippen molar-refractivity contribution in [1.29, 1.82) is 0 Å². The van der Waals surface area contributed by atoms with Crippen molar-refractivity contribution < 1.29 is 23.7 Å². The average molecular weight is 461 g/mol. The van der Waals surface area contributed by atoms with Gasteiger partial charge in [-0.25, -0.2) is 0 Å². The van der Waals surface area contributed by atoms with E-state index >= 15 is 0 Å². The fourth-order valence-electron chi connectivity index (χ4n) is 3.46. The van der Waals surface area contributed by atoms with E-state index in [2.05, 4.69) is 5.32 Å².